The highest BCUT2D eigenvalue weighted by Gasteiger charge is 2.40. The van der Waals surface area contributed by atoms with E-state index in [0.717, 1.165) is 31.5 Å². The molecule has 2 amide bonds. The van der Waals surface area contributed by atoms with Gasteiger partial charge in [-0.1, -0.05) is 35.3 Å². The third-order valence-corrected chi connectivity index (χ3v) is 8.27. The predicted octanol–water partition coefficient (Wildman–Crippen LogP) is 4.51. The minimum atomic E-state index is -3.81. The number of aromatic nitrogens is 1. The van der Waals surface area contributed by atoms with Gasteiger partial charge in [0.2, 0.25) is 10.0 Å². The smallest absolute Gasteiger partial charge is 0.387 e. The molecule has 3 aromatic rings. The summed E-state index contributed by atoms with van der Waals surface area (Å²) < 4.78 is 68.5. The van der Waals surface area contributed by atoms with Crippen molar-refractivity contribution >= 4 is 56.7 Å². The van der Waals surface area contributed by atoms with E-state index in [4.69, 9.17) is 32.7 Å². The molecule has 46 heavy (non-hydrogen) atoms. The van der Waals surface area contributed by atoms with Crippen LogP contribution in [0.3, 0.4) is 0 Å². The number of amides is 2. The van der Waals surface area contributed by atoms with Gasteiger partial charge in [0.1, 0.15) is 22.7 Å². The first-order valence-corrected chi connectivity index (χ1v) is 16.3. The Balaban J connectivity index is 1.44. The molecule has 5 rings (SSSR count). The number of hydrogen-bond acceptors (Lipinski definition) is 9. The van der Waals surface area contributed by atoms with Gasteiger partial charge in [0.25, 0.3) is 11.8 Å². The maximum atomic E-state index is 13.3. The molecular weight excluding hydrogens is 675 g/mol. The van der Waals surface area contributed by atoms with Crippen molar-refractivity contribution in [2.75, 3.05) is 24.1 Å². The zero-order valence-corrected chi connectivity index (χ0v) is 26.2. The normalized spacial score (nSPS) is 15.1. The van der Waals surface area contributed by atoms with E-state index in [1.54, 1.807) is 0 Å². The summed E-state index contributed by atoms with van der Waals surface area (Å²) in [6, 6.07) is 7.89. The summed E-state index contributed by atoms with van der Waals surface area (Å²) in [6.45, 7) is -3.77. The van der Waals surface area contributed by atoms with Gasteiger partial charge >= 0.3 is 12.6 Å². The van der Waals surface area contributed by atoms with Gasteiger partial charge in [0.05, 0.1) is 29.7 Å². The number of nitrogens with one attached hydrogen (secondary N) is 1. The summed E-state index contributed by atoms with van der Waals surface area (Å²) in [6.07, 6.45) is 3.31. The van der Waals surface area contributed by atoms with Gasteiger partial charge in [0.15, 0.2) is 23.9 Å². The number of nitrogens with zero attached hydrogens (tertiary/aromatic N) is 2. The van der Waals surface area contributed by atoms with Gasteiger partial charge in [-0.2, -0.15) is 13.5 Å². The van der Waals surface area contributed by atoms with E-state index < -0.39 is 47.1 Å². The summed E-state index contributed by atoms with van der Waals surface area (Å²) >= 11 is 12.6. The molecule has 1 saturated carbocycles. The molecule has 1 aliphatic carbocycles. The fourth-order valence-corrected chi connectivity index (χ4v) is 5.92. The second kappa shape index (κ2) is 13.3. The molecule has 0 radical (unpaired) electrons. The third kappa shape index (κ3) is 7.77. The zero-order valence-electron chi connectivity index (χ0n) is 23.9. The second-order valence-corrected chi connectivity index (χ2v) is 13.2. The predicted molar refractivity (Wildman–Crippen MR) is 160 cm³/mol. The number of fused-ring (bicyclic) bond motifs is 1. The maximum Gasteiger partial charge on any atom is 0.387 e. The molecule has 1 N–H and O–H groups in total. The summed E-state index contributed by atoms with van der Waals surface area (Å²) in [5, 5.41) is 11.7. The molecule has 2 aromatic carbocycles. The highest BCUT2D eigenvalue weighted by Crippen LogP contribution is 2.38. The number of rotatable bonds is 13. The van der Waals surface area contributed by atoms with Crippen LogP contribution in [-0.2, 0) is 26.0 Å². The van der Waals surface area contributed by atoms with Crippen molar-refractivity contribution in [2.24, 2.45) is 5.92 Å². The maximum absolute atomic E-state index is 13.3. The molecule has 2 aliphatic rings. The minimum Gasteiger partial charge on any atom is -0.619 e. The van der Waals surface area contributed by atoms with Crippen molar-refractivity contribution in [1.29, 1.82) is 0 Å². The molecule has 1 unspecified atom stereocenters. The first-order valence-electron chi connectivity index (χ1n) is 13.6. The van der Waals surface area contributed by atoms with Crippen molar-refractivity contribution in [1.82, 2.24) is 4.90 Å². The van der Waals surface area contributed by atoms with Gasteiger partial charge < -0.3 is 19.4 Å². The van der Waals surface area contributed by atoms with E-state index in [-0.39, 0.29) is 68.4 Å². The number of hydrogen-bond donors (Lipinski definition) is 1. The number of sulfonamides is 1. The molecule has 17 heteroatoms. The van der Waals surface area contributed by atoms with Gasteiger partial charge in [-0.25, -0.2) is 8.42 Å². The second-order valence-electron chi connectivity index (χ2n) is 10.6. The molecule has 0 bridgehead atoms. The summed E-state index contributed by atoms with van der Waals surface area (Å²) in [7, 11) is -3.81. The average Bonchev–Trinajstić information content (AvgIpc) is 3.75. The molecular formula is C29H25Cl2F2N3O9S. The number of alkyl halides is 2. The first-order chi connectivity index (χ1) is 21.7. The van der Waals surface area contributed by atoms with Gasteiger partial charge in [0, 0.05) is 12.0 Å². The molecule has 1 fully saturated rings. The Morgan fingerprint density at radius 3 is 2.43 bits per heavy atom. The third-order valence-electron chi connectivity index (χ3n) is 7.03. The van der Waals surface area contributed by atoms with E-state index in [1.165, 1.54) is 36.4 Å². The van der Waals surface area contributed by atoms with E-state index >= 15 is 0 Å². The van der Waals surface area contributed by atoms with Crippen LogP contribution in [0.2, 0.25) is 10.0 Å². The van der Waals surface area contributed by atoms with Crippen LogP contribution in [0.25, 0.3) is 0 Å². The number of imide groups is 1. The number of halogens is 4. The summed E-state index contributed by atoms with van der Waals surface area (Å²) in [5.74, 6) is -2.89. The highest BCUT2D eigenvalue weighted by molar-refractivity contribution is 7.92. The Morgan fingerprint density at radius 1 is 1.11 bits per heavy atom. The van der Waals surface area contributed by atoms with Gasteiger partial charge in [-0.05, 0) is 48.6 Å². The molecule has 0 spiro atoms. The molecule has 244 valence electrons. The molecule has 1 aromatic heterocycles. The van der Waals surface area contributed by atoms with Crippen LogP contribution in [0.1, 0.15) is 50.8 Å². The fraction of sp³-hybridized carbons (Fsp3) is 0.310. The highest BCUT2D eigenvalue weighted by atomic mass is 35.5. The zero-order chi connectivity index (χ0) is 33.3. The number of benzene rings is 2. The van der Waals surface area contributed by atoms with Crippen molar-refractivity contribution in [3.05, 3.63) is 86.3 Å². The largest absolute Gasteiger partial charge is 0.619 e. The van der Waals surface area contributed by atoms with E-state index in [1.807, 2.05) is 0 Å². The van der Waals surface area contributed by atoms with Gasteiger partial charge in [-0.15, -0.1) is 0 Å². The quantitative estimate of drug-likeness (QED) is 0.117. The van der Waals surface area contributed by atoms with Crippen molar-refractivity contribution in [3.63, 3.8) is 0 Å². The lowest BCUT2D eigenvalue weighted by Gasteiger charge is -2.22. The lowest BCUT2D eigenvalue weighted by molar-refractivity contribution is -0.605. The average molecular weight is 701 g/mol. The van der Waals surface area contributed by atoms with E-state index in [0.29, 0.717) is 9.63 Å². The first kappa shape index (κ1) is 33.2. The Hall–Kier alpha value is -4.21. The molecule has 12 nitrogen and oxygen atoms in total. The Morgan fingerprint density at radius 2 is 1.80 bits per heavy atom. The number of esters is 1. The Bertz CT molecular complexity index is 1800. The summed E-state index contributed by atoms with van der Waals surface area (Å²) in [4.78, 5) is 40.2. The van der Waals surface area contributed by atoms with E-state index in [2.05, 4.69) is 9.46 Å². The van der Waals surface area contributed by atoms with Crippen LogP contribution < -0.4 is 18.9 Å². The Labute approximate surface area is 271 Å². The molecule has 0 saturated heterocycles. The van der Waals surface area contributed by atoms with Crippen molar-refractivity contribution in [3.8, 4) is 11.5 Å². The monoisotopic (exact) mass is 699 g/mol. The van der Waals surface area contributed by atoms with Crippen LogP contribution >= 0.6 is 23.2 Å². The molecule has 2 heterocycles. The minimum absolute atomic E-state index is 0.0420. The van der Waals surface area contributed by atoms with Crippen LogP contribution in [0.4, 0.5) is 14.5 Å². The number of carbonyl (C=O) groups is 3. The Kier molecular flexibility index (Phi) is 9.56. The fourth-order valence-electron chi connectivity index (χ4n) is 4.75. The number of ether oxygens (including phenoxy) is 3. The summed E-state index contributed by atoms with van der Waals surface area (Å²) in [5.41, 5.74) is -0.0552. The SMILES string of the molecule is CS(=O)(=O)Nc1cccc2c1C(=O)N(CC(=O)OC(Cc1c(Cl)c[n+]([O-])cc1Cl)c1ccc(OC(F)F)c(OCC3CC3)c1)C2=O. The molecule has 1 atom stereocenters. The van der Waals surface area contributed by atoms with Crippen molar-refractivity contribution in [2.45, 2.75) is 32.0 Å². The van der Waals surface area contributed by atoms with Crippen molar-refractivity contribution < 1.29 is 50.5 Å². The number of pyridine rings is 1. The number of carbonyl (C=O) groups excluding carboxylic acids is 3. The van der Waals surface area contributed by atoms with Crippen LogP contribution in [0.15, 0.2) is 48.8 Å². The topological polar surface area (TPSA) is 155 Å². The van der Waals surface area contributed by atoms with Gasteiger partial charge in [-0.3, -0.25) is 24.0 Å². The van der Waals surface area contributed by atoms with Crippen LogP contribution in [0.5, 0.6) is 11.5 Å². The van der Waals surface area contributed by atoms with E-state index in [9.17, 15) is 36.8 Å². The standard InChI is InChI=1S/C29H25Cl2F2N3O9S/c1-46(41,42)34-21-4-2-3-17-26(21)28(39)36(27(17)38)13-25(37)44-23(10-18-19(30)11-35(40)12-20(18)31)16-7-8-22(45-29(32)33)24(9-16)43-14-15-5-6-15/h2-4,7-9,11-12,15,23,29,34H,5-6,10,13-14H2,1H3. The lowest BCUT2D eigenvalue weighted by atomic mass is 10.0. The lowest BCUT2D eigenvalue weighted by Crippen LogP contribution is -2.36. The van der Waals surface area contributed by atoms with Crippen LogP contribution in [0, 0.1) is 11.1 Å². The molecule has 1 aliphatic heterocycles. The number of anilines is 1. The van der Waals surface area contributed by atoms with Crippen LogP contribution in [-0.4, -0.2) is 57.1 Å².